The SMILES string of the molecule is Cc1c(-c2c3scc(C(C)C)c3nc[n+]2C)c2c(c3ccccc13)Cc1nccn1-2. The Labute approximate surface area is 179 Å². The average Bonchev–Trinajstić information content (AvgIpc) is 3.44. The molecule has 5 heteroatoms. The summed E-state index contributed by atoms with van der Waals surface area (Å²) in [7, 11) is 2.11. The van der Waals surface area contributed by atoms with Gasteiger partial charge in [-0.15, -0.1) is 11.3 Å². The van der Waals surface area contributed by atoms with Crippen LogP contribution >= 0.6 is 11.3 Å². The molecule has 0 amide bonds. The van der Waals surface area contributed by atoms with Gasteiger partial charge in [0.05, 0.1) is 18.3 Å². The highest BCUT2D eigenvalue weighted by molar-refractivity contribution is 7.17. The molecule has 0 saturated carbocycles. The highest BCUT2D eigenvalue weighted by atomic mass is 32.1. The van der Waals surface area contributed by atoms with Gasteiger partial charge in [-0.2, -0.15) is 0 Å². The molecular formula is C25H23N4S+. The normalized spacial score (nSPS) is 12.8. The molecule has 30 heavy (non-hydrogen) atoms. The van der Waals surface area contributed by atoms with Crippen LogP contribution in [0.15, 0.2) is 48.4 Å². The van der Waals surface area contributed by atoms with Gasteiger partial charge >= 0.3 is 0 Å². The van der Waals surface area contributed by atoms with Crippen molar-refractivity contribution in [1.82, 2.24) is 14.5 Å². The van der Waals surface area contributed by atoms with E-state index in [1.54, 1.807) is 0 Å². The first kappa shape index (κ1) is 17.8. The van der Waals surface area contributed by atoms with Crippen molar-refractivity contribution in [3.8, 4) is 16.9 Å². The fraction of sp³-hybridized carbons (Fsp3) is 0.240. The number of hydrogen-bond acceptors (Lipinski definition) is 3. The van der Waals surface area contributed by atoms with E-state index in [-0.39, 0.29) is 0 Å². The second-order valence-electron chi connectivity index (χ2n) is 8.49. The largest absolute Gasteiger partial charge is 0.302 e. The first-order valence-electron chi connectivity index (χ1n) is 10.4. The molecule has 0 atom stereocenters. The molecule has 6 rings (SSSR count). The Morgan fingerprint density at radius 1 is 1.13 bits per heavy atom. The van der Waals surface area contributed by atoms with Gasteiger partial charge in [0.15, 0.2) is 5.69 Å². The maximum Gasteiger partial charge on any atom is 0.287 e. The number of nitrogens with zero attached hydrogens (tertiary/aromatic N) is 4. The molecule has 5 aromatic rings. The fourth-order valence-corrected chi connectivity index (χ4v) is 6.22. The van der Waals surface area contributed by atoms with Crippen LogP contribution in [-0.4, -0.2) is 14.5 Å². The lowest BCUT2D eigenvalue weighted by Crippen LogP contribution is -2.32. The number of fused-ring (bicyclic) bond motifs is 6. The second kappa shape index (κ2) is 6.22. The van der Waals surface area contributed by atoms with Crippen LogP contribution in [0.25, 0.3) is 37.9 Å². The molecular weight excluding hydrogens is 388 g/mol. The molecule has 0 fully saturated rings. The van der Waals surface area contributed by atoms with Gasteiger partial charge in [0.1, 0.15) is 10.5 Å². The zero-order valence-corrected chi connectivity index (χ0v) is 18.4. The number of hydrogen-bond donors (Lipinski definition) is 0. The van der Waals surface area contributed by atoms with Gasteiger partial charge in [-0.25, -0.2) is 9.55 Å². The minimum atomic E-state index is 0.454. The predicted molar refractivity (Wildman–Crippen MR) is 122 cm³/mol. The van der Waals surface area contributed by atoms with E-state index < -0.39 is 0 Å². The monoisotopic (exact) mass is 411 g/mol. The van der Waals surface area contributed by atoms with E-state index >= 15 is 0 Å². The van der Waals surface area contributed by atoms with Crippen molar-refractivity contribution in [3.05, 3.63) is 70.9 Å². The van der Waals surface area contributed by atoms with Crippen LogP contribution in [-0.2, 0) is 13.5 Å². The molecule has 3 aromatic heterocycles. The van der Waals surface area contributed by atoms with Crippen LogP contribution in [0.4, 0.5) is 0 Å². The number of imidazole rings is 1. The summed E-state index contributed by atoms with van der Waals surface area (Å²) in [5.41, 5.74) is 8.98. The zero-order valence-electron chi connectivity index (χ0n) is 17.6. The van der Waals surface area contributed by atoms with Crippen molar-refractivity contribution < 1.29 is 4.57 Å². The highest BCUT2D eigenvalue weighted by Crippen LogP contribution is 2.45. The minimum absolute atomic E-state index is 0.454. The topological polar surface area (TPSA) is 34.6 Å². The summed E-state index contributed by atoms with van der Waals surface area (Å²) < 4.78 is 5.74. The summed E-state index contributed by atoms with van der Waals surface area (Å²) in [5.74, 6) is 1.57. The predicted octanol–water partition coefficient (Wildman–Crippen LogP) is 5.46. The number of aryl methyl sites for hydroxylation is 2. The Morgan fingerprint density at radius 3 is 2.73 bits per heavy atom. The molecule has 0 bridgehead atoms. The van der Waals surface area contributed by atoms with Gasteiger partial charge in [0.25, 0.3) is 6.33 Å². The van der Waals surface area contributed by atoms with Gasteiger partial charge in [0, 0.05) is 24.4 Å². The molecule has 4 heterocycles. The van der Waals surface area contributed by atoms with E-state index in [0.717, 1.165) is 17.8 Å². The van der Waals surface area contributed by atoms with E-state index in [4.69, 9.17) is 4.98 Å². The lowest BCUT2D eigenvalue weighted by molar-refractivity contribution is -0.662. The molecule has 2 aromatic carbocycles. The van der Waals surface area contributed by atoms with Crippen LogP contribution in [0.1, 0.15) is 42.3 Å². The molecule has 1 aliphatic rings. The maximum atomic E-state index is 4.82. The van der Waals surface area contributed by atoms with Crippen LogP contribution in [0, 0.1) is 6.92 Å². The van der Waals surface area contributed by atoms with Gasteiger partial charge in [-0.3, -0.25) is 0 Å². The van der Waals surface area contributed by atoms with Crippen LogP contribution < -0.4 is 4.57 Å². The van der Waals surface area contributed by atoms with Gasteiger partial charge in [-0.1, -0.05) is 38.1 Å². The lowest BCUT2D eigenvalue weighted by Gasteiger charge is -2.17. The second-order valence-corrected chi connectivity index (χ2v) is 9.37. The summed E-state index contributed by atoms with van der Waals surface area (Å²) in [6.45, 7) is 6.75. The van der Waals surface area contributed by atoms with E-state index in [0.29, 0.717) is 5.92 Å². The summed E-state index contributed by atoms with van der Waals surface area (Å²) in [5, 5.41) is 4.94. The van der Waals surface area contributed by atoms with Crippen LogP contribution in [0.3, 0.4) is 0 Å². The summed E-state index contributed by atoms with van der Waals surface area (Å²) in [6.07, 6.45) is 6.86. The van der Waals surface area contributed by atoms with Crippen molar-refractivity contribution in [2.45, 2.75) is 33.1 Å². The van der Waals surface area contributed by atoms with Crippen LogP contribution in [0.2, 0.25) is 0 Å². The number of benzene rings is 2. The minimum Gasteiger partial charge on any atom is -0.302 e. The third-order valence-corrected chi connectivity index (χ3v) is 7.42. The summed E-state index contributed by atoms with van der Waals surface area (Å²) in [6, 6.07) is 8.79. The highest BCUT2D eigenvalue weighted by Gasteiger charge is 2.31. The van der Waals surface area contributed by atoms with Crippen molar-refractivity contribution in [2.24, 2.45) is 7.05 Å². The molecule has 0 aliphatic carbocycles. The van der Waals surface area contributed by atoms with E-state index in [1.165, 1.54) is 49.1 Å². The Bertz CT molecular complexity index is 1470. The van der Waals surface area contributed by atoms with E-state index in [2.05, 4.69) is 77.8 Å². The Balaban J connectivity index is 1.81. The third kappa shape index (κ3) is 2.24. The van der Waals surface area contributed by atoms with E-state index in [9.17, 15) is 0 Å². The molecule has 0 radical (unpaired) electrons. The first-order chi connectivity index (χ1) is 14.6. The Kier molecular flexibility index (Phi) is 3.69. The molecule has 0 unspecified atom stereocenters. The van der Waals surface area contributed by atoms with Gasteiger partial charge in [0.2, 0.25) is 5.52 Å². The Hall–Kier alpha value is -3.05. The Morgan fingerprint density at radius 2 is 1.93 bits per heavy atom. The molecule has 0 spiro atoms. The third-order valence-electron chi connectivity index (χ3n) is 6.43. The fourth-order valence-electron chi connectivity index (χ4n) is 4.95. The van der Waals surface area contributed by atoms with Crippen molar-refractivity contribution in [1.29, 1.82) is 0 Å². The maximum absolute atomic E-state index is 4.82. The van der Waals surface area contributed by atoms with E-state index in [1.807, 2.05) is 23.9 Å². The standard InChI is InChI=1S/C25H23N4S/c1-14(2)19-12-30-25-22(19)27-13-28(4)24(25)21-15(3)16-7-5-6-8-17(16)18-11-20-26-9-10-29(20)23(18)21/h5-10,12-14H,11H2,1-4H3/q+1. The molecule has 0 saturated heterocycles. The van der Waals surface area contributed by atoms with Crippen LogP contribution in [0.5, 0.6) is 0 Å². The molecule has 4 nitrogen and oxygen atoms in total. The zero-order chi connectivity index (χ0) is 20.6. The number of aromatic nitrogens is 4. The molecule has 1 aliphatic heterocycles. The summed E-state index contributed by atoms with van der Waals surface area (Å²) >= 11 is 1.81. The lowest BCUT2D eigenvalue weighted by atomic mass is 9.91. The van der Waals surface area contributed by atoms with Gasteiger partial charge in [-0.05, 0) is 45.1 Å². The van der Waals surface area contributed by atoms with Crippen molar-refractivity contribution >= 4 is 32.3 Å². The van der Waals surface area contributed by atoms with Crippen molar-refractivity contribution in [3.63, 3.8) is 0 Å². The number of thiophene rings is 1. The smallest absolute Gasteiger partial charge is 0.287 e. The quantitative estimate of drug-likeness (QED) is 0.355. The van der Waals surface area contributed by atoms with Crippen molar-refractivity contribution in [2.75, 3.05) is 0 Å². The molecule has 148 valence electrons. The number of rotatable bonds is 2. The average molecular weight is 412 g/mol. The van der Waals surface area contributed by atoms with Gasteiger partial charge < -0.3 is 4.57 Å². The first-order valence-corrected chi connectivity index (χ1v) is 11.3. The molecule has 0 N–H and O–H groups in total. The summed E-state index contributed by atoms with van der Waals surface area (Å²) in [4.78, 5) is 9.46.